The molecule has 1 aromatic carbocycles. The van der Waals surface area contributed by atoms with Gasteiger partial charge in [-0.15, -0.1) is 12.4 Å². The zero-order chi connectivity index (χ0) is 8.81. The maximum absolute atomic E-state index is 4.83. The fourth-order valence-electron chi connectivity index (χ4n) is 1.21. The van der Waals surface area contributed by atoms with Crippen molar-refractivity contribution in [1.29, 1.82) is 0 Å². The Hall–Kier alpha value is -0.570. The van der Waals surface area contributed by atoms with E-state index in [2.05, 4.69) is 36.7 Å². The van der Waals surface area contributed by atoms with Crippen molar-refractivity contribution >= 4 is 12.4 Å². The fraction of sp³-hybridized carbons (Fsp3) is 0.400. The SMILES string of the molecule is CON[C@@H](C)Cc1ccccc1.Cl. The van der Waals surface area contributed by atoms with Crippen molar-refractivity contribution in [2.75, 3.05) is 7.11 Å². The van der Waals surface area contributed by atoms with Crippen LogP contribution in [0.25, 0.3) is 0 Å². The molecule has 13 heavy (non-hydrogen) atoms. The van der Waals surface area contributed by atoms with Gasteiger partial charge in [-0.2, -0.15) is 5.48 Å². The highest BCUT2D eigenvalue weighted by molar-refractivity contribution is 5.85. The molecule has 0 spiro atoms. The molecular formula is C10H16ClNO. The van der Waals surface area contributed by atoms with Crippen LogP contribution < -0.4 is 5.48 Å². The van der Waals surface area contributed by atoms with Gasteiger partial charge in [-0.05, 0) is 18.9 Å². The lowest BCUT2D eigenvalue weighted by molar-refractivity contribution is 0.0661. The van der Waals surface area contributed by atoms with E-state index < -0.39 is 0 Å². The van der Waals surface area contributed by atoms with Crippen molar-refractivity contribution in [3.63, 3.8) is 0 Å². The molecule has 1 rings (SSSR count). The number of hydrogen-bond acceptors (Lipinski definition) is 2. The second-order valence-corrected chi connectivity index (χ2v) is 2.91. The van der Waals surface area contributed by atoms with Gasteiger partial charge in [0.05, 0.1) is 7.11 Å². The van der Waals surface area contributed by atoms with E-state index in [0.29, 0.717) is 6.04 Å². The Morgan fingerprint density at radius 2 is 1.92 bits per heavy atom. The van der Waals surface area contributed by atoms with Crippen LogP contribution in [0.5, 0.6) is 0 Å². The van der Waals surface area contributed by atoms with Crippen LogP contribution in [0.4, 0.5) is 0 Å². The van der Waals surface area contributed by atoms with E-state index in [9.17, 15) is 0 Å². The Bertz CT molecular complexity index is 215. The van der Waals surface area contributed by atoms with Gasteiger partial charge in [-0.1, -0.05) is 30.3 Å². The summed E-state index contributed by atoms with van der Waals surface area (Å²) in [5.74, 6) is 0. The molecule has 0 fully saturated rings. The molecule has 0 aliphatic carbocycles. The first-order valence-corrected chi connectivity index (χ1v) is 4.15. The molecule has 1 aromatic rings. The molecule has 0 saturated carbocycles. The van der Waals surface area contributed by atoms with E-state index in [1.54, 1.807) is 7.11 Å². The third-order valence-electron chi connectivity index (χ3n) is 1.70. The molecule has 2 nitrogen and oxygen atoms in total. The summed E-state index contributed by atoms with van der Waals surface area (Å²) in [6, 6.07) is 10.7. The molecule has 0 aromatic heterocycles. The van der Waals surface area contributed by atoms with Crippen LogP contribution in [-0.4, -0.2) is 13.2 Å². The van der Waals surface area contributed by atoms with Crippen molar-refractivity contribution in [2.24, 2.45) is 0 Å². The van der Waals surface area contributed by atoms with Crippen LogP contribution in [0.15, 0.2) is 30.3 Å². The minimum atomic E-state index is 0. The van der Waals surface area contributed by atoms with Gasteiger partial charge in [0.1, 0.15) is 0 Å². The van der Waals surface area contributed by atoms with Gasteiger partial charge in [0, 0.05) is 6.04 Å². The summed E-state index contributed by atoms with van der Waals surface area (Å²) in [4.78, 5) is 4.83. The molecule has 1 atom stereocenters. The Morgan fingerprint density at radius 1 is 1.31 bits per heavy atom. The fourth-order valence-corrected chi connectivity index (χ4v) is 1.21. The average Bonchev–Trinajstić information content (AvgIpc) is 2.06. The monoisotopic (exact) mass is 201 g/mol. The zero-order valence-electron chi connectivity index (χ0n) is 7.99. The first kappa shape index (κ1) is 12.4. The van der Waals surface area contributed by atoms with Crippen LogP contribution in [0.3, 0.4) is 0 Å². The maximum Gasteiger partial charge on any atom is 0.0572 e. The molecule has 3 heteroatoms. The van der Waals surface area contributed by atoms with E-state index in [0.717, 1.165) is 6.42 Å². The molecule has 0 aliphatic heterocycles. The molecule has 74 valence electrons. The summed E-state index contributed by atoms with van der Waals surface area (Å²) < 4.78 is 0. The Balaban J connectivity index is 0.00000144. The van der Waals surface area contributed by atoms with Crippen LogP contribution in [0.2, 0.25) is 0 Å². The second kappa shape index (κ2) is 6.89. The van der Waals surface area contributed by atoms with Gasteiger partial charge in [0.2, 0.25) is 0 Å². The normalized spacial score (nSPS) is 11.8. The summed E-state index contributed by atoms with van der Waals surface area (Å²) in [5, 5.41) is 0. The maximum atomic E-state index is 4.83. The van der Waals surface area contributed by atoms with E-state index in [4.69, 9.17) is 4.84 Å². The van der Waals surface area contributed by atoms with Gasteiger partial charge in [0.15, 0.2) is 0 Å². The van der Waals surface area contributed by atoms with Crippen molar-refractivity contribution in [1.82, 2.24) is 5.48 Å². The predicted octanol–water partition coefficient (Wildman–Crippen LogP) is 2.19. The zero-order valence-corrected chi connectivity index (χ0v) is 8.80. The number of benzene rings is 1. The third kappa shape index (κ3) is 4.88. The van der Waals surface area contributed by atoms with Crippen molar-refractivity contribution in [3.05, 3.63) is 35.9 Å². The molecular weight excluding hydrogens is 186 g/mol. The van der Waals surface area contributed by atoms with Gasteiger partial charge >= 0.3 is 0 Å². The third-order valence-corrected chi connectivity index (χ3v) is 1.70. The highest BCUT2D eigenvalue weighted by atomic mass is 35.5. The highest BCUT2D eigenvalue weighted by Crippen LogP contribution is 2.01. The van der Waals surface area contributed by atoms with Crippen LogP contribution in [0.1, 0.15) is 12.5 Å². The Kier molecular flexibility index (Phi) is 6.59. The van der Waals surface area contributed by atoms with Gasteiger partial charge in [-0.3, -0.25) is 0 Å². The van der Waals surface area contributed by atoms with E-state index in [-0.39, 0.29) is 12.4 Å². The number of rotatable bonds is 4. The number of nitrogens with one attached hydrogen (secondary N) is 1. The summed E-state index contributed by atoms with van der Waals surface area (Å²) in [7, 11) is 1.64. The highest BCUT2D eigenvalue weighted by Gasteiger charge is 2.00. The van der Waals surface area contributed by atoms with E-state index in [1.165, 1.54) is 5.56 Å². The molecule has 0 radical (unpaired) electrons. The number of hydrogen-bond donors (Lipinski definition) is 1. The van der Waals surface area contributed by atoms with Gasteiger partial charge in [0.25, 0.3) is 0 Å². The Morgan fingerprint density at radius 3 is 2.46 bits per heavy atom. The first-order valence-electron chi connectivity index (χ1n) is 4.15. The Labute approximate surface area is 85.7 Å². The van der Waals surface area contributed by atoms with Crippen LogP contribution in [0, 0.1) is 0 Å². The van der Waals surface area contributed by atoms with Crippen molar-refractivity contribution < 1.29 is 4.84 Å². The summed E-state index contributed by atoms with van der Waals surface area (Å²) >= 11 is 0. The van der Waals surface area contributed by atoms with Crippen LogP contribution >= 0.6 is 12.4 Å². The minimum Gasteiger partial charge on any atom is -0.305 e. The molecule has 0 bridgehead atoms. The topological polar surface area (TPSA) is 21.3 Å². The molecule has 1 N–H and O–H groups in total. The lowest BCUT2D eigenvalue weighted by Gasteiger charge is -2.10. The van der Waals surface area contributed by atoms with E-state index in [1.807, 2.05) is 6.07 Å². The largest absolute Gasteiger partial charge is 0.305 e. The first-order chi connectivity index (χ1) is 5.83. The number of hydroxylamine groups is 1. The second-order valence-electron chi connectivity index (χ2n) is 2.91. The average molecular weight is 202 g/mol. The smallest absolute Gasteiger partial charge is 0.0572 e. The van der Waals surface area contributed by atoms with Gasteiger partial charge in [-0.25, -0.2) is 0 Å². The quantitative estimate of drug-likeness (QED) is 0.755. The standard InChI is InChI=1S/C10H15NO.ClH/c1-9(11-12-2)8-10-6-4-3-5-7-10;/h3-7,9,11H,8H2,1-2H3;1H/t9-;/m0./s1. The lowest BCUT2D eigenvalue weighted by Crippen LogP contribution is -2.26. The molecule has 0 amide bonds. The minimum absolute atomic E-state index is 0. The molecule has 0 heterocycles. The summed E-state index contributed by atoms with van der Waals surface area (Å²) in [6.45, 7) is 2.09. The predicted molar refractivity (Wildman–Crippen MR) is 57.0 cm³/mol. The molecule has 0 aliphatic rings. The summed E-state index contributed by atoms with van der Waals surface area (Å²) in [6.07, 6.45) is 0.995. The van der Waals surface area contributed by atoms with E-state index >= 15 is 0 Å². The molecule has 0 unspecified atom stereocenters. The van der Waals surface area contributed by atoms with Crippen molar-refractivity contribution in [3.8, 4) is 0 Å². The van der Waals surface area contributed by atoms with Crippen LogP contribution in [-0.2, 0) is 11.3 Å². The number of halogens is 1. The molecule has 0 saturated heterocycles. The van der Waals surface area contributed by atoms with Crippen molar-refractivity contribution in [2.45, 2.75) is 19.4 Å². The summed E-state index contributed by atoms with van der Waals surface area (Å²) in [5.41, 5.74) is 4.22. The lowest BCUT2D eigenvalue weighted by atomic mass is 10.1. The van der Waals surface area contributed by atoms with Gasteiger partial charge < -0.3 is 4.84 Å².